The molecular formula is C11H11NO5. The van der Waals surface area contributed by atoms with E-state index in [2.05, 4.69) is 5.32 Å². The molecule has 17 heavy (non-hydrogen) atoms. The molecule has 6 heteroatoms. The Bertz CT molecular complexity index is 509. The lowest BCUT2D eigenvalue weighted by molar-refractivity contribution is -0.112. The molecule has 6 nitrogen and oxygen atoms in total. The van der Waals surface area contributed by atoms with Crippen LogP contribution in [0.25, 0.3) is 0 Å². The lowest BCUT2D eigenvalue weighted by Gasteiger charge is -2.13. The molecule has 0 spiro atoms. The first kappa shape index (κ1) is 11.3. The number of hydrogen-bond acceptors (Lipinski definition) is 5. The summed E-state index contributed by atoms with van der Waals surface area (Å²) < 4.78 is 15.3. The van der Waals surface area contributed by atoms with Crippen LogP contribution in [0, 0.1) is 0 Å². The van der Waals surface area contributed by atoms with E-state index in [0.29, 0.717) is 17.2 Å². The molecule has 1 aliphatic rings. The summed E-state index contributed by atoms with van der Waals surface area (Å²) in [6.07, 6.45) is 0. The van der Waals surface area contributed by atoms with Crippen molar-refractivity contribution < 1.29 is 23.8 Å². The predicted octanol–water partition coefficient (Wildman–Crippen LogP) is 0.847. The molecule has 1 aromatic rings. The standard InChI is InChI=1S/C11H11NO5/c1-15-5-4-6(16-2)10(17-3)7-8(5)12-11(14)9(7)13/h4H,1-3H3,(H,12,13,14). The highest BCUT2D eigenvalue weighted by Gasteiger charge is 2.36. The summed E-state index contributed by atoms with van der Waals surface area (Å²) in [5.74, 6) is -0.435. The predicted molar refractivity (Wildman–Crippen MR) is 59.1 cm³/mol. The number of Topliss-reactive ketones (excluding diaryl/α,β-unsaturated/α-hetero) is 1. The number of anilines is 1. The van der Waals surface area contributed by atoms with E-state index in [1.165, 1.54) is 21.3 Å². The fraction of sp³-hybridized carbons (Fsp3) is 0.273. The molecule has 1 aliphatic heterocycles. The molecule has 90 valence electrons. The molecule has 0 radical (unpaired) electrons. The zero-order chi connectivity index (χ0) is 12.6. The van der Waals surface area contributed by atoms with Crippen molar-refractivity contribution in [1.29, 1.82) is 0 Å². The lowest BCUT2D eigenvalue weighted by Crippen LogP contribution is -2.13. The van der Waals surface area contributed by atoms with Gasteiger partial charge in [-0.15, -0.1) is 0 Å². The molecule has 0 bridgehead atoms. The van der Waals surface area contributed by atoms with Gasteiger partial charge in [0, 0.05) is 6.07 Å². The fourth-order valence-corrected chi connectivity index (χ4v) is 1.76. The molecule has 1 amide bonds. The molecule has 0 unspecified atom stereocenters. The molecular weight excluding hydrogens is 226 g/mol. The zero-order valence-corrected chi connectivity index (χ0v) is 9.62. The second-order valence-corrected chi connectivity index (χ2v) is 3.35. The van der Waals surface area contributed by atoms with Gasteiger partial charge in [-0.2, -0.15) is 0 Å². The van der Waals surface area contributed by atoms with E-state index in [1.807, 2.05) is 0 Å². The van der Waals surface area contributed by atoms with Gasteiger partial charge in [0.05, 0.1) is 27.0 Å². The highest BCUT2D eigenvalue weighted by molar-refractivity contribution is 6.52. The number of carbonyl (C=O) groups is 2. The van der Waals surface area contributed by atoms with Crippen LogP contribution in [0.15, 0.2) is 6.07 Å². The monoisotopic (exact) mass is 237 g/mol. The highest BCUT2D eigenvalue weighted by Crippen LogP contribution is 2.45. The SMILES string of the molecule is COc1cc(OC)c(OC)c2c1NC(=O)C2=O. The van der Waals surface area contributed by atoms with Gasteiger partial charge in [0.1, 0.15) is 11.3 Å². The first-order valence-electron chi connectivity index (χ1n) is 4.82. The maximum Gasteiger partial charge on any atom is 0.297 e. The summed E-state index contributed by atoms with van der Waals surface area (Å²) in [7, 11) is 4.29. The lowest BCUT2D eigenvalue weighted by atomic mass is 10.1. The van der Waals surface area contributed by atoms with Crippen LogP contribution >= 0.6 is 0 Å². The van der Waals surface area contributed by atoms with Crippen LogP contribution in [-0.4, -0.2) is 33.0 Å². The van der Waals surface area contributed by atoms with E-state index < -0.39 is 11.7 Å². The van der Waals surface area contributed by atoms with Crippen molar-refractivity contribution in [1.82, 2.24) is 0 Å². The molecule has 0 aromatic heterocycles. The molecule has 0 saturated heterocycles. The number of carbonyl (C=O) groups excluding carboxylic acids is 2. The molecule has 2 rings (SSSR count). The number of hydrogen-bond donors (Lipinski definition) is 1. The Morgan fingerprint density at radius 3 is 2.18 bits per heavy atom. The Labute approximate surface area is 97.5 Å². The van der Waals surface area contributed by atoms with E-state index in [-0.39, 0.29) is 11.3 Å². The van der Waals surface area contributed by atoms with Crippen LogP contribution in [0.5, 0.6) is 17.2 Å². The van der Waals surface area contributed by atoms with E-state index in [4.69, 9.17) is 14.2 Å². The van der Waals surface area contributed by atoms with Gasteiger partial charge >= 0.3 is 0 Å². The molecule has 1 N–H and O–H groups in total. The van der Waals surface area contributed by atoms with Gasteiger partial charge in [-0.3, -0.25) is 9.59 Å². The smallest absolute Gasteiger partial charge is 0.297 e. The van der Waals surface area contributed by atoms with Crippen LogP contribution in [0.1, 0.15) is 10.4 Å². The number of methoxy groups -OCH3 is 3. The topological polar surface area (TPSA) is 73.9 Å². The van der Waals surface area contributed by atoms with Crippen molar-refractivity contribution in [3.8, 4) is 17.2 Å². The highest BCUT2D eigenvalue weighted by atomic mass is 16.5. The molecule has 1 heterocycles. The molecule has 0 atom stereocenters. The Hall–Kier alpha value is -2.24. The Morgan fingerprint density at radius 2 is 1.65 bits per heavy atom. The summed E-state index contributed by atoms with van der Waals surface area (Å²) in [6, 6.07) is 1.55. The van der Waals surface area contributed by atoms with Crippen molar-refractivity contribution >= 4 is 17.4 Å². The van der Waals surface area contributed by atoms with Crippen LogP contribution in [0.4, 0.5) is 5.69 Å². The van der Waals surface area contributed by atoms with Crippen molar-refractivity contribution in [3.05, 3.63) is 11.6 Å². The summed E-state index contributed by atoms with van der Waals surface area (Å²) >= 11 is 0. The van der Waals surface area contributed by atoms with E-state index in [9.17, 15) is 9.59 Å². The third-order valence-corrected chi connectivity index (χ3v) is 2.53. The van der Waals surface area contributed by atoms with Gasteiger partial charge in [-0.1, -0.05) is 0 Å². The van der Waals surface area contributed by atoms with Crippen LogP contribution < -0.4 is 19.5 Å². The Kier molecular flexibility index (Phi) is 2.63. The second kappa shape index (κ2) is 3.97. The summed E-state index contributed by atoms with van der Waals surface area (Å²) in [4.78, 5) is 23.1. The number of ether oxygens (including phenoxy) is 3. The maximum atomic E-state index is 11.7. The minimum absolute atomic E-state index is 0.147. The largest absolute Gasteiger partial charge is 0.494 e. The number of benzene rings is 1. The maximum absolute atomic E-state index is 11.7. The van der Waals surface area contributed by atoms with Crippen LogP contribution in [0.2, 0.25) is 0 Å². The fourth-order valence-electron chi connectivity index (χ4n) is 1.76. The Morgan fingerprint density at radius 1 is 1.00 bits per heavy atom. The van der Waals surface area contributed by atoms with Crippen LogP contribution in [-0.2, 0) is 4.79 Å². The molecule has 0 aliphatic carbocycles. The summed E-state index contributed by atoms with van der Waals surface area (Å²) in [5, 5.41) is 2.44. The average molecular weight is 237 g/mol. The summed E-state index contributed by atoms with van der Waals surface area (Å²) in [6.45, 7) is 0. The average Bonchev–Trinajstić information content (AvgIpc) is 2.64. The van der Waals surface area contributed by atoms with E-state index in [1.54, 1.807) is 6.07 Å². The third-order valence-electron chi connectivity index (χ3n) is 2.53. The second-order valence-electron chi connectivity index (χ2n) is 3.35. The first-order chi connectivity index (χ1) is 8.13. The Balaban J connectivity index is 2.75. The number of fused-ring (bicyclic) bond motifs is 1. The third kappa shape index (κ3) is 1.49. The minimum atomic E-state index is -0.704. The number of ketones is 1. The van der Waals surface area contributed by atoms with Gasteiger partial charge in [0.15, 0.2) is 11.5 Å². The summed E-state index contributed by atoms with van der Waals surface area (Å²) in [5.41, 5.74) is 0.467. The van der Waals surface area contributed by atoms with Gasteiger partial charge in [0.2, 0.25) is 0 Å². The van der Waals surface area contributed by atoms with Crippen molar-refractivity contribution in [2.75, 3.05) is 26.6 Å². The quantitative estimate of drug-likeness (QED) is 0.789. The normalized spacial score (nSPS) is 13.1. The van der Waals surface area contributed by atoms with Gasteiger partial charge in [0.25, 0.3) is 11.7 Å². The van der Waals surface area contributed by atoms with Crippen molar-refractivity contribution in [2.24, 2.45) is 0 Å². The van der Waals surface area contributed by atoms with Gasteiger partial charge in [-0.25, -0.2) is 0 Å². The molecule has 0 fully saturated rings. The van der Waals surface area contributed by atoms with Gasteiger partial charge in [-0.05, 0) is 0 Å². The van der Waals surface area contributed by atoms with E-state index in [0.717, 1.165) is 0 Å². The number of nitrogens with one attached hydrogen (secondary N) is 1. The zero-order valence-electron chi connectivity index (χ0n) is 9.62. The van der Waals surface area contributed by atoms with Crippen molar-refractivity contribution in [3.63, 3.8) is 0 Å². The van der Waals surface area contributed by atoms with Gasteiger partial charge < -0.3 is 19.5 Å². The molecule has 1 aromatic carbocycles. The number of rotatable bonds is 3. The first-order valence-corrected chi connectivity index (χ1v) is 4.82. The minimum Gasteiger partial charge on any atom is -0.494 e. The van der Waals surface area contributed by atoms with E-state index >= 15 is 0 Å². The van der Waals surface area contributed by atoms with Crippen LogP contribution in [0.3, 0.4) is 0 Å². The molecule has 0 saturated carbocycles. The number of amides is 1. The van der Waals surface area contributed by atoms with Crippen molar-refractivity contribution in [2.45, 2.75) is 0 Å².